The second kappa shape index (κ2) is 6.69. The Balaban J connectivity index is 1.36. The second-order valence-corrected chi connectivity index (χ2v) is 6.95. The Labute approximate surface area is 165 Å². The van der Waals surface area contributed by atoms with Crippen molar-refractivity contribution in [1.29, 1.82) is 0 Å². The number of carbonyl (C=O) groups is 1. The van der Waals surface area contributed by atoms with Crippen molar-refractivity contribution < 1.29 is 9.21 Å². The molecular weight excluding hydrogens is 372 g/mol. The lowest BCUT2D eigenvalue weighted by molar-refractivity contribution is 0.0715. The number of anilines is 1. The van der Waals surface area contributed by atoms with E-state index in [0.717, 1.165) is 16.9 Å². The Kier molecular flexibility index (Phi) is 4.01. The molecule has 0 radical (unpaired) electrons. The van der Waals surface area contributed by atoms with Gasteiger partial charge in [0.25, 0.3) is 5.91 Å². The molecule has 1 amide bonds. The molecule has 5 rings (SSSR count). The Morgan fingerprint density at radius 2 is 1.86 bits per heavy atom. The number of fused-ring (bicyclic) bond motifs is 2. The zero-order valence-corrected chi connectivity index (χ0v) is 15.8. The molecule has 1 aliphatic heterocycles. The summed E-state index contributed by atoms with van der Waals surface area (Å²) in [4.78, 5) is 37.7. The number of amides is 1. The van der Waals surface area contributed by atoms with E-state index in [4.69, 9.17) is 4.42 Å². The topological polar surface area (TPSA) is 97.4 Å². The molecule has 0 saturated carbocycles. The fourth-order valence-corrected chi connectivity index (χ4v) is 3.69. The smallest absolute Gasteiger partial charge is 0.289 e. The highest BCUT2D eigenvalue weighted by molar-refractivity contribution is 5.93. The van der Waals surface area contributed by atoms with Gasteiger partial charge in [-0.25, -0.2) is 9.97 Å². The lowest BCUT2D eigenvalue weighted by Crippen LogP contribution is -2.49. The normalized spacial score (nSPS) is 14.7. The number of aromatic nitrogens is 4. The van der Waals surface area contributed by atoms with Gasteiger partial charge in [-0.2, -0.15) is 5.10 Å². The summed E-state index contributed by atoms with van der Waals surface area (Å²) in [7, 11) is 1.84. The molecule has 0 aliphatic carbocycles. The minimum Gasteiger partial charge on any atom is -0.451 e. The Morgan fingerprint density at radius 1 is 1.07 bits per heavy atom. The van der Waals surface area contributed by atoms with Crippen LogP contribution in [0.5, 0.6) is 0 Å². The quantitative estimate of drug-likeness (QED) is 0.511. The molecule has 0 spiro atoms. The summed E-state index contributed by atoms with van der Waals surface area (Å²) in [6, 6.07) is 8.21. The summed E-state index contributed by atoms with van der Waals surface area (Å²) in [6.45, 7) is 2.23. The number of rotatable bonds is 2. The number of hydrogen-bond acceptors (Lipinski definition) is 7. The van der Waals surface area contributed by atoms with E-state index in [1.54, 1.807) is 40.0 Å². The minimum atomic E-state index is -0.276. The fourth-order valence-electron chi connectivity index (χ4n) is 3.69. The molecule has 1 fully saturated rings. The summed E-state index contributed by atoms with van der Waals surface area (Å²) < 4.78 is 7.40. The lowest BCUT2D eigenvalue weighted by atomic mass is 10.2. The van der Waals surface area contributed by atoms with Gasteiger partial charge in [0.05, 0.1) is 17.0 Å². The van der Waals surface area contributed by atoms with Gasteiger partial charge in [-0.1, -0.05) is 12.1 Å². The predicted octanol–water partition coefficient (Wildman–Crippen LogP) is 1.43. The molecule has 4 heterocycles. The zero-order valence-electron chi connectivity index (χ0n) is 15.8. The number of nitrogens with zero attached hydrogens (tertiary/aromatic N) is 6. The van der Waals surface area contributed by atoms with Gasteiger partial charge in [-0.3, -0.25) is 14.3 Å². The van der Waals surface area contributed by atoms with Crippen LogP contribution in [0.4, 0.5) is 5.82 Å². The highest BCUT2D eigenvalue weighted by atomic mass is 16.3. The third kappa shape index (κ3) is 2.91. The molecule has 3 aromatic heterocycles. The summed E-state index contributed by atoms with van der Waals surface area (Å²) in [5.41, 5.74) is 0.974. The van der Waals surface area contributed by atoms with Crippen molar-refractivity contribution in [2.45, 2.75) is 0 Å². The van der Waals surface area contributed by atoms with E-state index in [-0.39, 0.29) is 17.1 Å². The first-order valence-electron chi connectivity index (χ1n) is 9.31. The molecule has 9 heteroatoms. The van der Waals surface area contributed by atoms with Gasteiger partial charge < -0.3 is 14.2 Å². The summed E-state index contributed by atoms with van der Waals surface area (Å²) in [5, 5.41) is 5.60. The first kappa shape index (κ1) is 17.4. The summed E-state index contributed by atoms with van der Waals surface area (Å²) >= 11 is 0. The van der Waals surface area contributed by atoms with Crippen molar-refractivity contribution in [3.8, 4) is 0 Å². The highest BCUT2D eigenvalue weighted by Gasteiger charge is 2.26. The van der Waals surface area contributed by atoms with Crippen LogP contribution in [0.15, 0.2) is 52.1 Å². The first-order valence-corrected chi connectivity index (χ1v) is 9.31. The molecule has 29 heavy (non-hydrogen) atoms. The Hall–Kier alpha value is -3.75. The molecule has 9 nitrogen and oxygen atoms in total. The lowest BCUT2D eigenvalue weighted by Gasteiger charge is -2.35. The maximum atomic E-state index is 12.9. The second-order valence-electron chi connectivity index (χ2n) is 6.95. The van der Waals surface area contributed by atoms with Crippen molar-refractivity contribution in [3.05, 3.63) is 58.8 Å². The predicted molar refractivity (Wildman–Crippen MR) is 107 cm³/mol. The number of para-hydroxylation sites is 1. The van der Waals surface area contributed by atoms with Gasteiger partial charge >= 0.3 is 0 Å². The van der Waals surface area contributed by atoms with E-state index in [2.05, 4.69) is 20.0 Å². The molecule has 1 saturated heterocycles. The maximum Gasteiger partial charge on any atom is 0.289 e. The van der Waals surface area contributed by atoms with Gasteiger partial charge in [0.1, 0.15) is 17.7 Å². The van der Waals surface area contributed by atoms with E-state index in [1.807, 2.05) is 7.05 Å². The third-order valence-corrected chi connectivity index (χ3v) is 5.22. The molecule has 0 atom stereocenters. The Bertz CT molecular complexity index is 1290. The van der Waals surface area contributed by atoms with Crippen molar-refractivity contribution in [1.82, 2.24) is 24.6 Å². The summed E-state index contributed by atoms with van der Waals surface area (Å²) in [5.74, 6) is 0.605. The standard InChI is InChI=1S/C20H18N6O3/c1-24-18-14(11-23-24)19(22-12-21-18)25-6-8-26(9-7-25)20(28)17-10-15(27)13-4-2-3-5-16(13)29-17/h2-5,10-12H,6-9H2,1H3. The molecule has 4 aromatic rings. The van der Waals surface area contributed by atoms with Crippen LogP contribution in [0, 0.1) is 0 Å². The van der Waals surface area contributed by atoms with E-state index in [1.165, 1.54) is 12.4 Å². The van der Waals surface area contributed by atoms with Crippen molar-refractivity contribution >= 4 is 33.7 Å². The molecule has 1 aliphatic rings. The van der Waals surface area contributed by atoms with Crippen molar-refractivity contribution in [3.63, 3.8) is 0 Å². The van der Waals surface area contributed by atoms with Crippen LogP contribution in [-0.4, -0.2) is 56.7 Å². The SMILES string of the molecule is Cn1ncc2c(N3CCN(C(=O)c4cc(=O)c5ccccc5o4)CC3)ncnc21. The maximum absolute atomic E-state index is 12.9. The number of hydrogen-bond donors (Lipinski definition) is 0. The van der Waals surface area contributed by atoms with E-state index in [0.29, 0.717) is 37.1 Å². The molecule has 0 unspecified atom stereocenters. The largest absolute Gasteiger partial charge is 0.451 e. The molecular formula is C20H18N6O3. The van der Waals surface area contributed by atoms with Crippen LogP contribution in [0.25, 0.3) is 22.0 Å². The van der Waals surface area contributed by atoms with Gasteiger partial charge in [0, 0.05) is 39.3 Å². The van der Waals surface area contributed by atoms with Gasteiger partial charge in [-0.05, 0) is 12.1 Å². The average molecular weight is 390 g/mol. The minimum absolute atomic E-state index is 0.0684. The van der Waals surface area contributed by atoms with Crippen molar-refractivity contribution in [2.75, 3.05) is 31.1 Å². The Morgan fingerprint density at radius 3 is 2.69 bits per heavy atom. The number of carbonyl (C=O) groups excluding carboxylic acids is 1. The van der Waals surface area contributed by atoms with Crippen LogP contribution in [0.2, 0.25) is 0 Å². The van der Waals surface area contributed by atoms with Crippen LogP contribution >= 0.6 is 0 Å². The van der Waals surface area contributed by atoms with E-state index in [9.17, 15) is 9.59 Å². The van der Waals surface area contributed by atoms with Crippen LogP contribution in [0.3, 0.4) is 0 Å². The number of aryl methyl sites for hydroxylation is 1. The van der Waals surface area contributed by atoms with Gasteiger partial charge in [-0.15, -0.1) is 0 Å². The van der Waals surface area contributed by atoms with E-state index < -0.39 is 0 Å². The zero-order chi connectivity index (χ0) is 20.0. The monoisotopic (exact) mass is 390 g/mol. The highest BCUT2D eigenvalue weighted by Crippen LogP contribution is 2.23. The average Bonchev–Trinajstić information content (AvgIpc) is 3.14. The molecule has 146 valence electrons. The van der Waals surface area contributed by atoms with Crippen LogP contribution < -0.4 is 10.3 Å². The van der Waals surface area contributed by atoms with Gasteiger partial charge in [0.2, 0.25) is 0 Å². The number of piperazine rings is 1. The summed E-state index contributed by atoms with van der Waals surface area (Å²) in [6.07, 6.45) is 3.28. The first-order chi connectivity index (χ1) is 14.1. The van der Waals surface area contributed by atoms with Gasteiger partial charge in [0.15, 0.2) is 16.8 Å². The molecule has 0 N–H and O–H groups in total. The number of benzene rings is 1. The molecule has 0 bridgehead atoms. The van der Waals surface area contributed by atoms with Crippen LogP contribution in [0.1, 0.15) is 10.6 Å². The fraction of sp³-hybridized carbons (Fsp3) is 0.250. The third-order valence-electron chi connectivity index (χ3n) is 5.22. The molecule has 1 aromatic carbocycles. The van der Waals surface area contributed by atoms with Crippen molar-refractivity contribution in [2.24, 2.45) is 7.05 Å². The van der Waals surface area contributed by atoms with Crippen LogP contribution in [-0.2, 0) is 7.05 Å². The van der Waals surface area contributed by atoms with E-state index >= 15 is 0 Å².